The van der Waals surface area contributed by atoms with Crippen LogP contribution in [0.2, 0.25) is 0 Å². The molecular weight excluding hydrogens is 496 g/mol. The zero-order chi connectivity index (χ0) is 28.6. The number of carbonyl (C=O) groups excluding carboxylic acids is 4. The van der Waals surface area contributed by atoms with E-state index in [1.54, 1.807) is 63.2 Å². The highest BCUT2D eigenvalue weighted by molar-refractivity contribution is 6.15. The third-order valence-electron chi connectivity index (χ3n) is 5.40. The lowest BCUT2D eigenvalue weighted by molar-refractivity contribution is -0.153. The van der Waals surface area contributed by atoms with E-state index in [4.69, 9.17) is 10.00 Å². The van der Waals surface area contributed by atoms with E-state index >= 15 is 0 Å². The number of urea groups is 1. The Morgan fingerprint density at radius 2 is 1.64 bits per heavy atom. The van der Waals surface area contributed by atoms with E-state index in [0.29, 0.717) is 16.8 Å². The molecule has 0 saturated heterocycles. The van der Waals surface area contributed by atoms with Gasteiger partial charge < -0.3 is 15.4 Å². The summed E-state index contributed by atoms with van der Waals surface area (Å²) in [6.45, 7) is 6.08. The summed E-state index contributed by atoms with van der Waals surface area (Å²) in [7, 11) is 0. The zero-order valence-corrected chi connectivity index (χ0v) is 22.3. The van der Waals surface area contributed by atoms with Gasteiger partial charge in [0, 0.05) is 16.8 Å². The molecule has 200 valence electrons. The second-order valence-electron chi connectivity index (χ2n) is 9.78. The minimum Gasteiger partial charge on any atom is -0.459 e. The topological polar surface area (TPSA) is 129 Å². The van der Waals surface area contributed by atoms with Crippen LogP contribution in [0.4, 0.5) is 16.2 Å². The predicted octanol–water partition coefficient (Wildman–Crippen LogP) is 4.59. The molecule has 39 heavy (non-hydrogen) atoms. The monoisotopic (exact) mass is 526 g/mol. The van der Waals surface area contributed by atoms with Crippen LogP contribution in [-0.4, -0.2) is 42.4 Å². The van der Waals surface area contributed by atoms with E-state index in [1.807, 2.05) is 19.1 Å². The lowest BCUT2D eigenvalue weighted by Gasteiger charge is -2.27. The van der Waals surface area contributed by atoms with Crippen LogP contribution in [0.5, 0.6) is 0 Å². The van der Waals surface area contributed by atoms with Crippen LogP contribution >= 0.6 is 0 Å². The van der Waals surface area contributed by atoms with E-state index < -0.39 is 42.4 Å². The first-order valence-corrected chi connectivity index (χ1v) is 12.2. The molecule has 3 aromatic rings. The van der Waals surface area contributed by atoms with E-state index in [-0.39, 0.29) is 11.3 Å². The SMILES string of the molecule is Cc1cccc(NC(=O)NCC(=O)N(CC(=O)OC(C)(C)C)c2ccccc2C(=O)c2ccc(C#N)cc2)c1. The fourth-order valence-electron chi connectivity index (χ4n) is 3.71. The molecule has 0 aliphatic rings. The molecule has 2 N–H and O–H groups in total. The number of ketones is 1. The second-order valence-corrected chi connectivity index (χ2v) is 9.78. The van der Waals surface area contributed by atoms with Gasteiger partial charge in [-0.05, 0) is 81.8 Å². The maximum atomic E-state index is 13.4. The number of aryl methyl sites for hydroxylation is 1. The van der Waals surface area contributed by atoms with Crippen LogP contribution in [0.1, 0.15) is 47.8 Å². The molecular formula is C30H30N4O5. The summed E-state index contributed by atoms with van der Waals surface area (Å²) in [6.07, 6.45) is 0. The molecule has 3 aromatic carbocycles. The number of benzene rings is 3. The highest BCUT2D eigenvalue weighted by atomic mass is 16.6. The van der Waals surface area contributed by atoms with Gasteiger partial charge in [-0.25, -0.2) is 4.79 Å². The van der Waals surface area contributed by atoms with Gasteiger partial charge >= 0.3 is 12.0 Å². The molecule has 0 bridgehead atoms. The summed E-state index contributed by atoms with van der Waals surface area (Å²) >= 11 is 0. The van der Waals surface area contributed by atoms with Gasteiger partial charge in [0.1, 0.15) is 12.1 Å². The summed E-state index contributed by atoms with van der Waals surface area (Å²) in [4.78, 5) is 53.1. The summed E-state index contributed by atoms with van der Waals surface area (Å²) < 4.78 is 5.42. The Balaban J connectivity index is 1.87. The number of hydrogen-bond donors (Lipinski definition) is 2. The molecule has 0 atom stereocenters. The third-order valence-corrected chi connectivity index (χ3v) is 5.40. The Labute approximate surface area is 227 Å². The third kappa shape index (κ3) is 8.27. The van der Waals surface area contributed by atoms with Crippen molar-refractivity contribution in [3.63, 3.8) is 0 Å². The lowest BCUT2D eigenvalue weighted by Crippen LogP contribution is -2.45. The smallest absolute Gasteiger partial charge is 0.326 e. The van der Waals surface area contributed by atoms with Crippen molar-refractivity contribution in [2.24, 2.45) is 0 Å². The average Bonchev–Trinajstić information content (AvgIpc) is 2.89. The molecule has 0 aromatic heterocycles. The van der Waals surface area contributed by atoms with Gasteiger partial charge in [0.2, 0.25) is 5.91 Å². The minimum absolute atomic E-state index is 0.170. The van der Waals surface area contributed by atoms with Gasteiger partial charge in [-0.15, -0.1) is 0 Å². The van der Waals surface area contributed by atoms with Gasteiger partial charge in [0.05, 0.1) is 23.9 Å². The molecule has 0 spiro atoms. The summed E-state index contributed by atoms with van der Waals surface area (Å²) in [5, 5.41) is 14.2. The number of anilines is 2. The number of carbonyl (C=O) groups is 4. The maximum Gasteiger partial charge on any atom is 0.326 e. The predicted molar refractivity (Wildman–Crippen MR) is 147 cm³/mol. The highest BCUT2D eigenvalue weighted by Crippen LogP contribution is 2.24. The van der Waals surface area contributed by atoms with Crippen molar-refractivity contribution in [3.05, 3.63) is 95.1 Å². The largest absolute Gasteiger partial charge is 0.459 e. The second kappa shape index (κ2) is 12.5. The number of nitrogens with zero attached hydrogens (tertiary/aromatic N) is 2. The van der Waals surface area contributed by atoms with Crippen LogP contribution < -0.4 is 15.5 Å². The van der Waals surface area contributed by atoms with Crippen LogP contribution in [0.15, 0.2) is 72.8 Å². The first-order valence-electron chi connectivity index (χ1n) is 12.2. The standard InChI is InChI=1S/C30H30N4O5/c1-20-8-7-9-23(16-20)33-29(38)32-18-26(35)34(19-27(36)39-30(2,3)4)25-11-6-5-10-24(25)28(37)22-14-12-21(17-31)13-15-22/h5-16H,18-19H2,1-4H3,(H2,32,33,38). The number of nitrogens with one attached hydrogen (secondary N) is 2. The Hall–Kier alpha value is -4.97. The van der Waals surface area contributed by atoms with Crippen molar-refractivity contribution in [1.82, 2.24) is 5.32 Å². The fraction of sp³-hybridized carbons (Fsp3) is 0.233. The number of nitriles is 1. The van der Waals surface area contributed by atoms with E-state index in [0.717, 1.165) is 10.5 Å². The normalized spacial score (nSPS) is 10.6. The Morgan fingerprint density at radius 1 is 0.949 bits per heavy atom. The average molecular weight is 527 g/mol. The highest BCUT2D eigenvalue weighted by Gasteiger charge is 2.27. The van der Waals surface area contributed by atoms with Crippen LogP contribution in [0, 0.1) is 18.3 Å². The van der Waals surface area contributed by atoms with Crippen molar-refractivity contribution in [3.8, 4) is 6.07 Å². The van der Waals surface area contributed by atoms with Crippen molar-refractivity contribution >= 4 is 35.1 Å². The molecule has 0 saturated carbocycles. The van der Waals surface area contributed by atoms with Gasteiger partial charge in [0.15, 0.2) is 5.78 Å². The first-order chi connectivity index (χ1) is 18.5. The van der Waals surface area contributed by atoms with E-state index in [2.05, 4.69) is 10.6 Å². The molecule has 0 aliphatic heterocycles. The number of hydrogen-bond acceptors (Lipinski definition) is 6. The molecule has 0 fully saturated rings. The number of rotatable bonds is 8. The zero-order valence-electron chi connectivity index (χ0n) is 22.3. The Bertz CT molecular complexity index is 1420. The molecule has 3 rings (SSSR count). The molecule has 9 heteroatoms. The Morgan fingerprint density at radius 3 is 2.28 bits per heavy atom. The number of para-hydroxylation sites is 1. The number of esters is 1. The van der Waals surface area contributed by atoms with Crippen LogP contribution in [0.25, 0.3) is 0 Å². The first kappa shape index (κ1) is 28.6. The number of ether oxygens (including phenoxy) is 1. The minimum atomic E-state index is -0.796. The van der Waals surface area contributed by atoms with Crippen molar-refractivity contribution in [2.45, 2.75) is 33.3 Å². The van der Waals surface area contributed by atoms with Crippen LogP contribution in [-0.2, 0) is 14.3 Å². The van der Waals surface area contributed by atoms with Crippen molar-refractivity contribution < 1.29 is 23.9 Å². The summed E-state index contributed by atoms with van der Waals surface area (Å²) in [5.41, 5.74) is 1.78. The van der Waals surface area contributed by atoms with Crippen molar-refractivity contribution in [2.75, 3.05) is 23.3 Å². The molecule has 0 heterocycles. The summed E-state index contributed by atoms with van der Waals surface area (Å²) in [6, 6.07) is 21.0. The maximum absolute atomic E-state index is 13.4. The van der Waals surface area contributed by atoms with E-state index in [9.17, 15) is 19.2 Å². The van der Waals surface area contributed by atoms with Gasteiger partial charge in [-0.3, -0.25) is 19.3 Å². The van der Waals surface area contributed by atoms with Gasteiger partial charge in [-0.2, -0.15) is 5.26 Å². The Kier molecular flexibility index (Phi) is 9.18. The quantitative estimate of drug-likeness (QED) is 0.326. The summed E-state index contributed by atoms with van der Waals surface area (Å²) in [5.74, 6) is -1.71. The molecule has 0 aliphatic carbocycles. The molecule has 3 amide bonds. The lowest BCUT2D eigenvalue weighted by atomic mass is 10.00. The molecule has 0 unspecified atom stereocenters. The van der Waals surface area contributed by atoms with Gasteiger partial charge in [-0.1, -0.05) is 24.3 Å². The fourth-order valence-corrected chi connectivity index (χ4v) is 3.71. The van der Waals surface area contributed by atoms with E-state index in [1.165, 1.54) is 24.3 Å². The van der Waals surface area contributed by atoms with Crippen molar-refractivity contribution in [1.29, 1.82) is 5.26 Å². The number of amides is 3. The molecule has 0 radical (unpaired) electrons. The van der Waals surface area contributed by atoms with Crippen LogP contribution in [0.3, 0.4) is 0 Å². The molecule has 9 nitrogen and oxygen atoms in total. The van der Waals surface area contributed by atoms with Gasteiger partial charge in [0.25, 0.3) is 0 Å².